The third-order valence-electron chi connectivity index (χ3n) is 3.74. The van der Waals surface area contributed by atoms with Crippen LogP contribution in [0.3, 0.4) is 0 Å². The van der Waals surface area contributed by atoms with E-state index < -0.39 is 0 Å². The summed E-state index contributed by atoms with van der Waals surface area (Å²) in [7, 11) is 1.64. The maximum Gasteiger partial charge on any atom is 0.166 e. The Kier molecular flexibility index (Phi) is 3.74. The average Bonchev–Trinajstić information content (AvgIpc) is 3.11. The molecule has 1 fully saturated rings. The van der Waals surface area contributed by atoms with Gasteiger partial charge in [0.15, 0.2) is 11.5 Å². The monoisotopic (exact) mass is 269 g/mol. The second-order valence-electron chi connectivity index (χ2n) is 4.83. The molecule has 1 aliphatic carbocycles. The summed E-state index contributed by atoms with van der Waals surface area (Å²) in [6.45, 7) is 4.56. The van der Waals surface area contributed by atoms with Crippen molar-refractivity contribution in [2.45, 2.75) is 38.1 Å². The van der Waals surface area contributed by atoms with Crippen molar-refractivity contribution >= 4 is 11.6 Å². The Bertz CT molecular complexity index is 442. The van der Waals surface area contributed by atoms with Crippen molar-refractivity contribution in [3.8, 4) is 11.5 Å². The highest BCUT2D eigenvalue weighted by Crippen LogP contribution is 2.57. The first-order valence-corrected chi connectivity index (χ1v) is 6.70. The molecule has 0 heterocycles. The third kappa shape index (κ3) is 2.06. The Morgan fingerprint density at radius 3 is 2.56 bits per heavy atom. The molecule has 1 aliphatic rings. The lowest BCUT2D eigenvalue weighted by Gasteiger charge is -2.25. The van der Waals surface area contributed by atoms with Gasteiger partial charge in [-0.25, -0.2) is 0 Å². The Morgan fingerprint density at radius 1 is 1.44 bits per heavy atom. The normalized spacial score (nSPS) is 18.3. The van der Waals surface area contributed by atoms with Crippen LogP contribution in [0.1, 0.15) is 32.3 Å². The quantitative estimate of drug-likeness (QED) is 0.893. The second-order valence-corrected chi connectivity index (χ2v) is 5.24. The molecule has 18 heavy (non-hydrogen) atoms. The first kappa shape index (κ1) is 13.5. The summed E-state index contributed by atoms with van der Waals surface area (Å²) < 4.78 is 11.1. The lowest BCUT2D eigenvalue weighted by molar-refractivity contribution is 0.303. The van der Waals surface area contributed by atoms with Gasteiger partial charge in [-0.15, -0.1) is 0 Å². The van der Waals surface area contributed by atoms with Crippen LogP contribution in [0.2, 0.25) is 5.02 Å². The fraction of sp³-hybridized carbons (Fsp3) is 0.571. The predicted octanol–water partition coefficient (Wildman–Crippen LogP) is 3.13. The van der Waals surface area contributed by atoms with Gasteiger partial charge < -0.3 is 15.2 Å². The van der Waals surface area contributed by atoms with E-state index in [0.717, 1.165) is 29.9 Å². The SMILES string of the molecule is CCOc1c(OC)ccc(Cl)c1C1(C(C)N)CC1. The van der Waals surface area contributed by atoms with Crippen LogP contribution in [0.15, 0.2) is 12.1 Å². The maximum atomic E-state index is 6.37. The minimum Gasteiger partial charge on any atom is -0.493 e. The Labute approximate surface area is 113 Å². The summed E-state index contributed by atoms with van der Waals surface area (Å²) >= 11 is 6.37. The number of benzene rings is 1. The molecule has 4 heteroatoms. The zero-order valence-corrected chi connectivity index (χ0v) is 11.9. The fourth-order valence-corrected chi connectivity index (χ4v) is 2.86. The van der Waals surface area contributed by atoms with Crippen LogP contribution in [-0.4, -0.2) is 19.8 Å². The molecule has 1 atom stereocenters. The van der Waals surface area contributed by atoms with Crippen LogP contribution in [0.25, 0.3) is 0 Å². The largest absolute Gasteiger partial charge is 0.493 e. The lowest BCUT2D eigenvalue weighted by atomic mass is 9.88. The van der Waals surface area contributed by atoms with Gasteiger partial charge in [-0.1, -0.05) is 11.6 Å². The summed E-state index contributed by atoms with van der Waals surface area (Å²) in [5.41, 5.74) is 7.10. The molecular formula is C14H20ClNO2. The third-order valence-corrected chi connectivity index (χ3v) is 4.05. The highest BCUT2D eigenvalue weighted by atomic mass is 35.5. The van der Waals surface area contributed by atoms with Gasteiger partial charge in [-0.2, -0.15) is 0 Å². The zero-order chi connectivity index (χ0) is 13.3. The number of methoxy groups -OCH3 is 1. The highest BCUT2D eigenvalue weighted by Gasteiger charge is 2.51. The van der Waals surface area contributed by atoms with Crippen LogP contribution in [0.4, 0.5) is 0 Å². The number of halogens is 1. The molecule has 1 saturated carbocycles. The van der Waals surface area contributed by atoms with Crippen molar-refractivity contribution in [3.05, 3.63) is 22.7 Å². The summed E-state index contributed by atoms with van der Waals surface area (Å²) in [6, 6.07) is 3.76. The van der Waals surface area contributed by atoms with Crippen molar-refractivity contribution in [1.82, 2.24) is 0 Å². The molecule has 0 aromatic heterocycles. The summed E-state index contributed by atoms with van der Waals surface area (Å²) in [4.78, 5) is 0. The van der Waals surface area contributed by atoms with Crippen molar-refractivity contribution in [2.24, 2.45) is 5.73 Å². The molecule has 0 spiro atoms. The van der Waals surface area contributed by atoms with Crippen molar-refractivity contribution < 1.29 is 9.47 Å². The molecule has 3 nitrogen and oxygen atoms in total. The van der Waals surface area contributed by atoms with Gasteiger partial charge in [0.25, 0.3) is 0 Å². The zero-order valence-electron chi connectivity index (χ0n) is 11.1. The van der Waals surface area contributed by atoms with E-state index >= 15 is 0 Å². The second kappa shape index (κ2) is 4.98. The number of nitrogens with two attached hydrogens (primary N) is 1. The number of ether oxygens (including phenoxy) is 2. The van der Waals surface area contributed by atoms with Crippen LogP contribution >= 0.6 is 11.6 Å². The summed E-state index contributed by atoms with van der Waals surface area (Å²) in [6.07, 6.45) is 2.11. The van der Waals surface area contributed by atoms with Crippen LogP contribution in [-0.2, 0) is 5.41 Å². The summed E-state index contributed by atoms with van der Waals surface area (Å²) in [5, 5.41) is 0.717. The Hall–Kier alpha value is -0.930. The van der Waals surface area contributed by atoms with Gasteiger partial charge in [0.1, 0.15) is 0 Å². The molecule has 0 aliphatic heterocycles. The Morgan fingerprint density at radius 2 is 2.11 bits per heavy atom. The highest BCUT2D eigenvalue weighted by molar-refractivity contribution is 6.31. The standard InChI is InChI=1S/C14H20ClNO2/c1-4-18-13-11(17-3)6-5-10(15)12(13)14(7-8-14)9(2)16/h5-6,9H,4,7-8,16H2,1-3H3. The first-order valence-electron chi connectivity index (χ1n) is 6.32. The van der Waals surface area contributed by atoms with Crippen LogP contribution in [0.5, 0.6) is 11.5 Å². The minimum atomic E-state index is -0.0455. The van der Waals surface area contributed by atoms with E-state index in [1.54, 1.807) is 7.11 Å². The molecule has 1 aromatic rings. The van der Waals surface area contributed by atoms with Gasteiger partial charge in [0, 0.05) is 22.0 Å². The number of hydrogen-bond donors (Lipinski definition) is 1. The lowest BCUT2D eigenvalue weighted by Crippen LogP contribution is -2.32. The molecule has 0 amide bonds. The minimum absolute atomic E-state index is 0.0455. The van der Waals surface area contributed by atoms with E-state index in [1.807, 2.05) is 26.0 Å². The molecular weight excluding hydrogens is 250 g/mol. The van der Waals surface area contributed by atoms with E-state index in [-0.39, 0.29) is 11.5 Å². The van der Waals surface area contributed by atoms with E-state index in [4.69, 9.17) is 26.8 Å². The van der Waals surface area contributed by atoms with Gasteiger partial charge in [-0.3, -0.25) is 0 Å². The van der Waals surface area contributed by atoms with Crippen molar-refractivity contribution in [3.63, 3.8) is 0 Å². The molecule has 100 valence electrons. The van der Waals surface area contributed by atoms with Gasteiger partial charge in [0.2, 0.25) is 0 Å². The topological polar surface area (TPSA) is 44.5 Å². The molecule has 1 aromatic carbocycles. The predicted molar refractivity (Wildman–Crippen MR) is 73.7 cm³/mol. The number of hydrogen-bond acceptors (Lipinski definition) is 3. The molecule has 0 saturated heterocycles. The van der Waals surface area contributed by atoms with E-state index in [1.165, 1.54) is 0 Å². The smallest absolute Gasteiger partial charge is 0.166 e. The molecule has 1 unspecified atom stereocenters. The van der Waals surface area contributed by atoms with Crippen LogP contribution < -0.4 is 15.2 Å². The van der Waals surface area contributed by atoms with Crippen LogP contribution in [0, 0.1) is 0 Å². The van der Waals surface area contributed by atoms with Crippen molar-refractivity contribution in [1.29, 1.82) is 0 Å². The summed E-state index contributed by atoms with van der Waals surface area (Å²) in [5.74, 6) is 1.48. The van der Waals surface area contributed by atoms with E-state index in [2.05, 4.69) is 0 Å². The molecule has 2 N–H and O–H groups in total. The van der Waals surface area contributed by atoms with Gasteiger partial charge in [-0.05, 0) is 38.8 Å². The molecule has 0 radical (unpaired) electrons. The van der Waals surface area contributed by atoms with E-state index in [0.29, 0.717) is 11.6 Å². The van der Waals surface area contributed by atoms with Gasteiger partial charge in [0.05, 0.1) is 13.7 Å². The first-order chi connectivity index (χ1) is 8.56. The van der Waals surface area contributed by atoms with Crippen molar-refractivity contribution in [2.75, 3.05) is 13.7 Å². The van der Waals surface area contributed by atoms with Gasteiger partial charge >= 0.3 is 0 Å². The molecule has 2 rings (SSSR count). The molecule has 0 bridgehead atoms. The average molecular weight is 270 g/mol. The maximum absolute atomic E-state index is 6.37. The Balaban J connectivity index is 2.57. The van der Waals surface area contributed by atoms with E-state index in [9.17, 15) is 0 Å². The fourth-order valence-electron chi connectivity index (χ4n) is 2.52. The number of rotatable bonds is 5.